The predicted molar refractivity (Wildman–Crippen MR) is 122 cm³/mol. The van der Waals surface area contributed by atoms with Gasteiger partial charge in [-0.3, -0.25) is 0 Å². The smallest absolute Gasteiger partial charge is 0.339 e. The van der Waals surface area contributed by atoms with E-state index in [1.165, 1.54) is 12.1 Å². The number of carboxylic acids is 2. The van der Waals surface area contributed by atoms with Gasteiger partial charge in [0.05, 0.1) is 0 Å². The molecule has 0 radical (unpaired) electrons. The quantitative estimate of drug-likeness (QED) is 0.423. The van der Waals surface area contributed by atoms with Gasteiger partial charge >= 0.3 is 11.9 Å². The molecule has 0 spiro atoms. The van der Waals surface area contributed by atoms with Crippen molar-refractivity contribution in [3.05, 3.63) is 83.0 Å². The van der Waals surface area contributed by atoms with Gasteiger partial charge in [-0.1, -0.05) is 43.5 Å². The summed E-state index contributed by atoms with van der Waals surface area (Å²) in [6, 6.07) is 6.59. The molecule has 0 atom stereocenters. The molecule has 0 aliphatic heterocycles. The van der Waals surface area contributed by atoms with Crippen LogP contribution in [0.4, 0.5) is 0 Å². The number of carbonyl (C=O) groups is 2. The number of aromatic carboxylic acids is 2. The van der Waals surface area contributed by atoms with Crippen LogP contribution < -0.4 is 0 Å². The highest BCUT2D eigenvalue weighted by Gasteiger charge is 2.38. The van der Waals surface area contributed by atoms with Crippen LogP contribution in [-0.4, -0.2) is 32.4 Å². The lowest BCUT2D eigenvalue weighted by Gasteiger charge is -2.39. The Bertz CT molecular complexity index is 997. The first-order valence-corrected chi connectivity index (χ1v) is 10.7. The van der Waals surface area contributed by atoms with E-state index in [1.807, 2.05) is 0 Å². The molecule has 2 aromatic carbocycles. The van der Waals surface area contributed by atoms with Gasteiger partial charge in [-0.25, -0.2) is 9.59 Å². The van der Waals surface area contributed by atoms with Gasteiger partial charge in [0, 0.05) is 5.41 Å². The van der Waals surface area contributed by atoms with Gasteiger partial charge < -0.3 is 20.4 Å². The van der Waals surface area contributed by atoms with E-state index in [1.54, 1.807) is 24.3 Å². The van der Waals surface area contributed by atoms with E-state index in [9.17, 15) is 30.0 Å². The van der Waals surface area contributed by atoms with Crippen LogP contribution in [0, 0.1) is 0 Å². The van der Waals surface area contributed by atoms with Crippen molar-refractivity contribution in [2.45, 2.75) is 50.4 Å². The number of aromatic hydroxyl groups is 2. The molecule has 6 heteroatoms. The molecule has 0 bridgehead atoms. The normalized spacial score (nSPS) is 15.1. The van der Waals surface area contributed by atoms with Crippen molar-refractivity contribution in [1.29, 1.82) is 0 Å². The van der Waals surface area contributed by atoms with Gasteiger partial charge in [-0.15, -0.1) is 13.2 Å². The summed E-state index contributed by atoms with van der Waals surface area (Å²) in [5, 5.41) is 40.4. The van der Waals surface area contributed by atoms with Crippen molar-refractivity contribution in [3.8, 4) is 11.5 Å². The van der Waals surface area contributed by atoms with E-state index >= 15 is 0 Å². The topological polar surface area (TPSA) is 115 Å². The second-order valence-corrected chi connectivity index (χ2v) is 8.30. The van der Waals surface area contributed by atoms with E-state index in [0.29, 0.717) is 36.8 Å². The van der Waals surface area contributed by atoms with Crippen LogP contribution in [0.25, 0.3) is 0 Å². The maximum Gasteiger partial charge on any atom is 0.339 e. The molecule has 0 heterocycles. The van der Waals surface area contributed by atoms with Crippen LogP contribution in [0.15, 0.2) is 49.6 Å². The molecule has 1 aliphatic carbocycles. The summed E-state index contributed by atoms with van der Waals surface area (Å²) in [6.07, 6.45) is 7.99. The summed E-state index contributed by atoms with van der Waals surface area (Å²) < 4.78 is 0. The number of carboxylic acid groups (broad SMARTS) is 2. The number of allylic oxidation sites excluding steroid dienone is 2. The van der Waals surface area contributed by atoms with Crippen LogP contribution in [-0.2, 0) is 18.3 Å². The Hall–Kier alpha value is -3.54. The van der Waals surface area contributed by atoms with Crippen LogP contribution >= 0.6 is 0 Å². The fourth-order valence-corrected chi connectivity index (χ4v) is 4.79. The molecule has 1 aliphatic rings. The zero-order valence-corrected chi connectivity index (χ0v) is 17.9. The minimum atomic E-state index is -1.23. The van der Waals surface area contributed by atoms with Crippen molar-refractivity contribution in [2.24, 2.45) is 0 Å². The fraction of sp³-hybridized carbons (Fsp3) is 0.308. The molecule has 168 valence electrons. The summed E-state index contributed by atoms with van der Waals surface area (Å²) in [5.41, 5.74) is 1.35. The highest BCUT2D eigenvalue weighted by molar-refractivity contribution is 5.92. The second-order valence-electron chi connectivity index (χ2n) is 8.30. The van der Waals surface area contributed by atoms with Crippen molar-refractivity contribution >= 4 is 11.9 Å². The van der Waals surface area contributed by atoms with Crippen molar-refractivity contribution in [2.75, 3.05) is 0 Å². The summed E-state index contributed by atoms with van der Waals surface area (Å²) in [6.45, 7) is 7.40. The summed E-state index contributed by atoms with van der Waals surface area (Å²) in [7, 11) is 0. The highest BCUT2D eigenvalue weighted by Crippen LogP contribution is 2.48. The number of hydrogen-bond donors (Lipinski definition) is 4. The third kappa shape index (κ3) is 4.13. The van der Waals surface area contributed by atoms with E-state index in [0.717, 1.165) is 30.4 Å². The molecule has 0 saturated heterocycles. The SMILES string of the molecule is C=CCc1cc(C2(c3cc(CC=C)c(O)c(C(=O)O)c3)CCCCC2)cc(C(=O)O)c1O. The Balaban J connectivity index is 2.34. The first-order chi connectivity index (χ1) is 15.2. The van der Waals surface area contributed by atoms with E-state index in [2.05, 4.69) is 13.2 Å². The lowest BCUT2D eigenvalue weighted by atomic mass is 9.64. The molecule has 0 unspecified atom stereocenters. The zero-order valence-electron chi connectivity index (χ0n) is 17.9. The van der Waals surface area contributed by atoms with Crippen molar-refractivity contribution in [3.63, 3.8) is 0 Å². The monoisotopic (exact) mass is 436 g/mol. The Labute approximate surface area is 187 Å². The average Bonchev–Trinajstić information content (AvgIpc) is 2.76. The maximum absolute atomic E-state index is 11.9. The molecule has 2 aromatic rings. The van der Waals surface area contributed by atoms with Gasteiger partial charge in [-0.2, -0.15) is 0 Å². The zero-order chi connectivity index (χ0) is 23.5. The largest absolute Gasteiger partial charge is 0.507 e. The van der Waals surface area contributed by atoms with Crippen LogP contribution in [0.2, 0.25) is 0 Å². The summed E-state index contributed by atoms with van der Waals surface area (Å²) in [4.78, 5) is 23.7. The molecule has 3 rings (SSSR count). The van der Waals surface area contributed by atoms with E-state index in [-0.39, 0.29) is 22.6 Å². The third-order valence-corrected chi connectivity index (χ3v) is 6.38. The molecule has 6 nitrogen and oxygen atoms in total. The molecule has 0 amide bonds. The minimum absolute atomic E-state index is 0.187. The Morgan fingerprint density at radius 3 is 1.53 bits per heavy atom. The van der Waals surface area contributed by atoms with Crippen molar-refractivity contribution in [1.82, 2.24) is 0 Å². The average molecular weight is 437 g/mol. The second kappa shape index (κ2) is 9.30. The maximum atomic E-state index is 11.9. The van der Waals surface area contributed by atoms with Gasteiger partial charge in [0.25, 0.3) is 0 Å². The lowest BCUT2D eigenvalue weighted by molar-refractivity contribution is 0.0682. The van der Waals surface area contributed by atoms with Crippen molar-refractivity contribution < 1.29 is 30.0 Å². The fourth-order valence-electron chi connectivity index (χ4n) is 4.79. The van der Waals surface area contributed by atoms with Gasteiger partial charge in [-0.05, 0) is 60.1 Å². The number of benzene rings is 2. The van der Waals surface area contributed by atoms with E-state index in [4.69, 9.17) is 0 Å². The first kappa shape index (κ1) is 23.1. The summed E-state index contributed by atoms with van der Waals surface area (Å²) >= 11 is 0. The Kier molecular flexibility index (Phi) is 6.72. The van der Waals surface area contributed by atoms with E-state index < -0.39 is 17.4 Å². The van der Waals surface area contributed by atoms with Crippen LogP contribution in [0.5, 0.6) is 11.5 Å². The molecular weight excluding hydrogens is 408 g/mol. The molecular formula is C26H28O6. The first-order valence-electron chi connectivity index (χ1n) is 10.7. The third-order valence-electron chi connectivity index (χ3n) is 6.38. The molecule has 1 fully saturated rings. The number of rotatable bonds is 8. The Morgan fingerprint density at radius 2 is 1.19 bits per heavy atom. The van der Waals surface area contributed by atoms with Crippen LogP contribution in [0.1, 0.15) is 75.1 Å². The highest BCUT2D eigenvalue weighted by atomic mass is 16.4. The molecule has 4 N–H and O–H groups in total. The number of hydrogen-bond acceptors (Lipinski definition) is 4. The van der Waals surface area contributed by atoms with Gasteiger partial charge in [0.1, 0.15) is 22.6 Å². The van der Waals surface area contributed by atoms with Gasteiger partial charge in [0.2, 0.25) is 0 Å². The number of phenols is 2. The van der Waals surface area contributed by atoms with Crippen LogP contribution in [0.3, 0.4) is 0 Å². The standard InChI is InChI=1S/C26H28O6/c1-3-8-16-12-18(14-20(22(16)27)24(29)30)26(10-6-5-7-11-26)19-13-17(9-4-2)23(28)21(15-19)25(31)32/h3-4,12-15,27-28H,1-2,5-11H2,(H,29,30)(H,31,32). The minimum Gasteiger partial charge on any atom is -0.507 e. The molecule has 1 saturated carbocycles. The molecule has 32 heavy (non-hydrogen) atoms. The van der Waals surface area contributed by atoms with Gasteiger partial charge in [0.15, 0.2) is 0 Å². The summed E-state index contributed by atoms with van der Waals surface area (Å²) in [5.74, 6) is -3.03. The lowest BCUT2D eigenvalue weighted by Crippen LogP contribution is -2.31. The predicted octanol–water partition coefficient (Wildman–Crippen LogP) is 5.20. The molecule has 0 aromatic heterocycles. The Morgan fingerprint density at radius 1 is 0.781 bits per heavy atom.